The lowest BCUT2D eigenvalue weighted by Gasteiger charge is -2.19. The summed E-state index contributed by atoms with van der Waals surface area (Å²) < 4.78 is 5.53. The fourth-order valence-corrected chi connectivity index (χ4v) is 4.69. The Morgan fingerprint density at radius 1 is 1.31 bits per heavy atom. The van der Waals surface area contributed by atoms with Crippen molar-refractivity contribution in [2.45, 2.75) is 40.7 Å². The molecule has 16 heavy (non-hydrogen) atoms. The van der Waals surface area contributed by atoms with Crippen LogP contribution >= 0.6 is 18.0 Å². The van der Waals surface area contributed by atoms with Crippen molar-refractivity contribution in [2.24, 2.45) is 0 Å². The van der Waals surface area contributed by atoms with E-state index < -0.39 is 6.64 Å². The maximum absolute atomic E-state index is 9.96. The van der Waals surface area contributed by atoms with Crippen LogP contribution in [0.5, 0.6) is 5.06 Å². The van der Waals surface area contributed by atoms with Gasteiger partial charge in [-0.2, -0.15) is 0 Å². The van der Waals surface area contributed by atoms with E-state index in [1.807, 2.05) is 34.6 Å². The summed E-state index contributed by atoms with van der Waals surface area (Å²) in [4.78, 5) is 11.2. The molecule has 1 rings (SSSR count). The van der Waals surface area contributed by atoms with Crippen molar-refractivity contribution in [1.29, 1.82) is 0 Å². The Kier molecular flexibility index (Phi) is 4.55. The third-order valence-electron chi connectivity index (χ3n) is 2.27. The van der Waals surface area contributed by atoms with Gasteiger partial charge in [0.25, 0.3) is 0 Å². The molecular weight excluding hydrogens is 261 g/mol. The molecule has 1 unspecified atom stereocenters. The zero-order valence-electron chi connectivity index (χ0n) is 10.2. The van der Waals surface area contributed by atoms with E-state index in [-0.39, 0.29) is 6.04 Å². The van der Waals surface area contributed by atoms with Gasteiger partial charge in [-0.05, 0) is 52.0 Å². The van der Waals surface area contributed by atoms with E-state index in [4.69, 9.17) is 16.3 Å². The largest absolute Gasteiger partial charge is 0.422 e. The van der Waals surface area contributed by atoms with E-state index in [1.165, 1.54) is 21.8 Å². The molecule has 1 atom stereocenters. The molecule has 0 spiro atoms. The molecular formula is C10H18NO2PS2. The second-order valence-electron chi connectivity index (χ2n) is 4.09. The number of nitrogens with one attached hydrogen (secondary N) is 1. The zero-order valence-corrected chi connectivity index (χ0v) is 12.7. The van der Waals surface area contributed by atoms with Crippen molar-refractivity contribution in [2.75, 3.05) is 0 Å². The molecule has 0 aliphatic heterocycles. The van der Waals surface area contributed by atoms with Crippen molar-refractivity contribution >= 4 is 29.8 Å². The maximum Gasteiger partial charge on any atom is 0.311 e. The topological polar surface area (TPSA) is 41.5 Å². The standard InChI is InChI=1S/C10H18NO2PS2/c1-6(2)11-14(12,15)13-10-8(4)7(3)9(5)16-10/h6H,1-5H3,(H2,11,12,15). The molecule has 6 heteroatoms. The average Bonchev–Trinajstić information content (AvgIpc) is 2.30. The van der Waals surface area contributed by atoms with E-state index in [2.05, 4.69) is 5.09 Å². The highest BCUT2D eigenvalue weighted by Crippen LogP contribution is 2.45. The minimum Gasteiger partial charge on any atom is -0.422 e. The van der Waals surface area contributed by atoms with Gasteiger partial charge in [0.15, 0.2) is 5.06 Å². The van der Waals surface area contributed by atoms with Crippen LogP contribution in [-0.4, -0.2) is 10.9 Å². The van der Waals surface area contributed by atoms with Crippen molar-refractivity contribution < 1.29 is 9.42 Å². The highest BCUT2D eigenvalue weighted by atomic mass is 32.5. The monoisotopic (exact) mass is 279 g/mol. The first-order valence-corrected chi connectivity index (χ1v) is 8.58. The summed E-state index contributed by atoms with van der Waals surface area (Å²) in [6, 6.07) is 0.110. The number of rotatable bonds is 4. The minimum atomic E-state index is -2.91. The highest BCUT2D eigenvalue weighted by molar-refractivity contribution is 8.08. The molecule has 0 aromatic carbocycles. The van der Waals surface area contributed by atoms with E-state index in [9.17, 15) is 4.89 Å². The van der Waals surface area contributed by atoms with Crippen molar-refractivity contribution in [3.63, 3.8) is 0 Å². The third-order valence-corrected chi connectivity index (χ3v) is 5.39. The van der Waals surface area contributed by atoms with E-state index in [1.54, 1.807) is 0 Å². The molecule has 0 amide bonds. The Hall–Kier alpha value is 0.0700. The lowest BCUT2D eigenvalue weighted by Crippen LogP contribution is -2.21. The van der Waals surface area contributed by atoms with E-state index in [0.29, 0.717) is 0 Å². The Morgan fingerprint density at radius 3 is 2.25 bits per heavy atom. The molecule has 0 saturated carbocycles. The van der Waals surface area contributed by atoms with Gasteiger partial charge >= 0.3 is 6.64 Å². The molecule has 1 aromatic heterocycles. The number of hydrogen-bond donors (Lipinski definition) is 2. The summed E-state index contributed by atoms with van der Waals surface area (Å²) in [5, 5.41) is 3.62. The number of thiophene rings is 1. The van der Waals surface area contributed by atoms with Gasteiger partial charge in [0.05, 0.1) is 0 Å². The van der Waals surface area contributed by atoms with Crippen LogP contribution in [0, 0.1) is 20.8 Å². The third kappa shape index (κ3) is 3.54. The van der Waals surface area contributed by atoms with Crippen LogP contribution in [0.3, 0.4) is 0 Å². The first-order chi connectivity index (χ1) is 7.23. The predicted octanol–water partition coefficient (Wildman–Crippen LogP) is 3.27. The van der Waals surface area contributed by atoms with Crippen molar-refractivity contribution in [3.05, 3.63) is 16.0 Å². The fraction of sp³-hybridized carbons (Fsp3) is 0.600. The number of hydrogen-bond acceptors (Lipinski definition) is 3. The molecule has 0 saturated heterocycles. The molecule has 1 aromatic rings. The molecule has 0 fully saturated rings. The second-order valence-corrected chi connectivity index (χ2v) is 8.24. The predicted molar refractivity (Wildman–Crippen MR) is 73.9 cm³/mol. The van der Waals surface area contributed by atoms with Gasteiger partial charge < -0.3 is 9.42 Å². The summed E-state index contributed by atoms with van der Waals surface area (Å²) in [5.41, 5.74) is 2.27. The van der Waals surface area contributed by atoms with Crippen molar-refractivity contribution in [1.82, 2.24) is 5.09 Å². The van der Waals surface area contributed by atoms with E-state index in [0.717, 1.165) is 10.6 Å². The Balaban J connectivity index is 2.88. The van der Waals surface area contributed by atoms with Crippen LogP contribution in [0.4, 0.5) is 0 Å². The highest BCUT2D eigenvalue weighted by Gasteiger charge is 2.20. The first-order valence-electron chi connectivity index (χ1n) is 5.09. The summed E-state index contributed by atoms with van der Waals surface area (Å²) >= 11 is 6.59. The summed E-state index contributed by atoms with van der Waals surface area (Å²) in [6.07, 6.45) is 0. The van der Waals surface area contributed by atoms with Crippen LogP contribution in [0.15, 0.2) is 0 Å². The zero-order chi connectivity index (χ0) is 12.5. The summed E-state index contributed by atoms with van der Waals surface area (Å²) in [5.74, 6) is 0. The first kappa shape index (κ1) is 14.1. The molecule has 0 radical (unpaired) electrons. The smallest absolute Gasteiger partial charge is 0.311 e. The Morgan fingerprint density at radius 2 is 1.88 bits per heavy atom. The van der Waals surface area contributed by atoms with Gasteiger partial charge in [-0.15, -0.1) is 11.3 Å². The van der Waals surface area contributed by atoms with Gasteiger partial charge in [-0.25, -0.2) is 5.09 Å². The van der Waals surface area contributed by atoms with Crippen molar-refractivity contribution in [3.8, 4) is 5.06 Å². The van der Waals surface area contributed by atoms with Gasteiger partial charge in [-0.3, -0.25) is 0 Å². The Bertz CT molecular complexity index is 429. The molecule has 0 bridgehead atoms. The normalized spacial score (nSPS) is 15.2. The lowest BCUT2D eigenvalue weighted by molar-refractivity contribution is 0.461. The maximum atomic E-state index is 9.96. The second kappa shape index (κ2) is 5.15. The van der Waals surface area contributed by atoms with Crippen LogP contribution in [-0.2, 0) is 11.8 Å². The minimum absolute atomic E-state index is 0.110. The van der Waals surface area contributed by atoms with Gasteiger partial charge in [0.2, 0.25) is 0 Å². The lowest BCUT2D eigenvalue weighted by atomic mass is 10.2. The molecule has 1 heterocycles. The summed E-state index contributed by atoms with van der Waals surface area (Å²) in [7, 11) is 0. The number of aryl methyl sites for hydroxylation is 1. The molecule has 0 aliphatic carbocycles. The van der Waals surface area contributed by atoms with Crippen LogP contribution < -0.4 is 9.61 Å². The van der Waals surface area contributed by atoms with Crippen LogP contribution in [0.2, 0.25) is 0 Å². The SMILES string of the molecule is Cc1sc(OP(O)(=S)NC(C)C)c(C)c1C. The van der Waals surface area contributed by atoms with E-state index >= 15 is 0 Å². The van der Waals surface area contributed by atoms with Gasteiger partial charge in [0, 0.05) is 16.5 Å². The van der Waals surface area contributed by atoms with Crippen LogP contribution in [0.25, 0.3) is 0 Å². The Labute approximate surface area is 106 Å². The van der Waals surface area contributed by atoms with Crippen LogP contribution in [0.1, 0.15) is 29.9 Å². The fourth-order valence-electron chi connectivity index (χ4n) is 1.26. The van der Waals surface area contributed by atoms with Gasteiger partial charge in [0.1, 0.15) is 0 Å². The molecule has 0 aliphatic rings. The molecule has 3 nitrogen and oxygen atoms in total. The average molecular weight is 279 g/mol. The quantitative estimate of drug-likeness (QED) is 0.830. The molecule has 92 valence electrons. The molecule has 2 N–H and O–H groups in total. The van der Waals surface area contributed by atoms with Gasteiger partial charge in [-0.1, -0.05) is 0 Å². The summed E-state index contributed by atoms with van der Waals surface area (Å²) in [6.45, 7) is 7.02.